The fraction of sp³-hybridized carbons (Fsp3) is 0.192. The molecule has 0 spiro atoms. The molecule has 3 aromatic carbocycles. The molecule has 0 aliphatic heterocycles. The van der Waals surface area contributed by atoms with Crippen LogP contribution in [0.5, 0.6) is 0 Å². The highest BCUT2D eigenvalue weighted by Gasteiger charge is 2.17. The Kier molecular flexibility index (Phi) is 6.45. The van der Waals surface area contributed by atoms with E-state index in [0.717, 1.165) is 32.1 Å². The van der Waals surface area contributed by atoms with E-state index < -0.39 is 10.0 Å². The van der Waals surface area contributed by atoms with Crippen molar-refractivity contribution in [2.45, 2.75) is 37.6 Å². The quantitative estimate of drug-likeness (QED) is 0.246. The molecule has 0 fully saturated rings. The maximum Gasteiger partial charge on any atom is 0.276 e. The average Bonchev–Trinajstić information content (AvgIpc) is 3.11. The molecular formula is C26H26BrN3O2S. The predicted molar refractivity (Wildman–Crippen MR) is 138 cm³/mol. The van der Waals surface area contributed by atoms with Gasteiger partial charge in [-0.3, -0.25) is 0 Å². The third kappa shape index (κ3) is 5.37. The summed E-state index contributed by atoms with van der Waals surface area (Å²) in [6, 6.07) is 23.1. The van der Waals surface area contributed by atoms with Gasteiger partial charge in [-0.15, -0.1) is 0 Å². The minimum Gasteiger partial charge on any atom is -0.342 e. The van der Waals surface area contributed by atoms with Gasteiger partial charge < -0.3 is 4.57 Å². The second-order valence-electron chi connectivity index (χ2n) is 8.99. The maximum absolute atomic E-state index is 12.7. The number of nitrogens with zero attached hydrogens (tertiary/aromatic N) is 2. The van der Waals surface area contributed by atoms with E-state index >= 15 is 0 Å². The number of hydrogen-bond acceptors (Lipinski definition) is 3. The van der Waals surface area contributed by atoms with Gasteiger partial charge in [0.05, 0.1) is 11.1 Å². The molecule has 33 heavy (non-hydrogen) atoms. The molecule has 1 heterocycles. The van der Waals surface area contributed by atoms with E-state index in [0.29, 0.717) is 6.54 Å². The number of hydrogen-bond donors (Lipinski definition) is 1. The lowest BCUT2D eigenvalue weighted by Gasteiger charge is -2.19. The van der Waals surface area contributed by atoms with Crippen molar-refractivity contribution in [3.8, 4) is 0 Å². The third-order valence-electron chi connectivity index (χ3n) is 5.47. The van der Waals surface area contributed by atoms with Gasteiger partial charge in [0.2, 0.25) is 0 Å². The number of para-hydroxylation sites is 1. The van der Waals surface area contributed by atoms with Crippen molar-refractivity contribution in [1.82, 2.24) is 9.40 Å². The number of benzene rings is 3. The summed E-state index contributed by atoms with van der Waals surface area (Å²) in [5, 5.41) is 5.07. The first kappa shape index (κ1) is 23.3. The molecule has 0 saturated heterocycles. The smallest absolute Gasteiger partial charge is 0.276 e. The zero-order chi connectivity index (χ0) is 23.6. The van der Waals surface area contributed by atoms with Crippen LogP contribution in [0.25, 0.3) is 10.9 Å². The Morgan fingerprint density at radius 2 is 1.73 bits per heavy atom. The Balaban J connectivity index is 1.57. The van der Waals surface area contributed by atoms with Gasteiger partial charge in [0, 0.05) is 33.7 Å². The van der Waals surface area contributed by atoms with E-state index in [9.17, 15) is 8.42 Å². The van der Waals surface area contributed by atoms with Crippen LogP contribution in [-0.4, -0.2) is 19.2 Å². The number of sulfonamides is 1. The van der Waals surface area contributed by atoms with E-state index in [1.165, 1.54) is 0 Å². The molecule has 0 aliphatic carbocycles. The summed E-state index contributed by atoms with van der Waals surface area (Å²) in [7, 11) is -3.75. The van der Waals surface area contributed by atoms with Crippen LogP contribution in [0.3, 0.4) is 0 Å². The third-order valence-corrected chi connectivity index (χ3v) is 7.20. The van der Waals surface area contributed by atoms with E-state index in [-0.39, 0.29) is 10.3 Å². The molecule has 1 N–H and O–H groups in total. The summed E-state index contributed by atoms with van der Waals surface area (Å²) >= 11 is 3.52. The van der Waals surface area contributed by atoms with Crippen LogP contribution >= 0.6 is 15.9 Å². The highest BCUT2D eigenvalue weighted by molar-refractivity contribution is 9.10. The lowest BCUT2D eigenvalue weighted by molar-refractivity contribution is 0.580. The van der Waals surface area contributed by atoms with Crippen molar-refractivity contribution in [3.63, 3.8) is 0 Å². The standard InChI is InChI=1S/C26H26BrN3O2S/c1-26(2,3)21-11-13-23(14-12-21)33(31,32)29-28-16-20-18-30(25-10-5-4-9-24(20)25)17-19-7-6-8-22(27)15-19/h4-16,18,29H,17H2,1-3H3/b28-16+. The summed E-state index contributed by atoms with van der Waals surface area (Å²) in [5.74, 6) is 0. The molecule has 4 aromatic rings. The minimum atomic E-state index is -3.75. The fourth-order valence-electron chi connectivity index (χ4n) is 3.69. The van der Waals surface area contributed by atoms with E-state index in [1.54, 1.807) is 18.3 Å². The Morgan fingerprint density at radius 1 is 1.00 bits per heavy atom. The summed E-state index contributed by atoms with van der Waals surface area (Å²) in [5.41, 5.74) is 4.08. The number of nitrogens with one attached hydrogen (secondary N) is 1. The van der Waals surface area contributed by atoms with Crippen molar-refractivity contribution in [2.75, 3.05) is 0 Å². The molecule has 0 saturated carbocycles. The number of fused-ring (bicyclic) bond motifs is 1. The molecule has 0 unspecified atom stereocenters. The number of halogens is 1. The molecule has 7 heteroatoms. The molecule has 0 bridgehead atoms. The second-order valence-corrected chi connectivity index (χ2v) is 11.6. The molecular weight excluding hydrogens is 498 g/mol. The fourth-order valence-corrected chi connectivity index (χ4v) is 4.93. The van der Waals surface area contributed by atoms with Crippen molar-refractivity contribution in [3.05, 3.63) is 100 Å². The highest BCUT2D eigenvalue weighted by Crippen LogP contribution is 2.24. The second kappa shape index (κ2) is 9.15. The first-order valence-corrected chi connectivity index (χ1v) is 12.9. The molecule has 170 valence electrons. The lowest BCUT2D eigenvalue weighted by Crippen LogP contribution is -2.19. The number of rotatable bonds is 6. The van der Waals surface area contributed by atoms with Gasteiger partial charge in [-0.25, -0.2) is 4.83 Å². The van der Waals surface area contributed by atoms with Crippen LogP contribution in [0.2, 0.25) is 0 Å². The normalized spacial score (nSPS) is 12.5. The average molecular weight is 524 g/mol. The number of hydrazone groups is 1. The van der Waals surface area contributed by atoms with Gasteiger partial charge in [-0.1, -0.05) is 79.2 Å². The van der Waals surface area contributed by atoms with Gasteiger partial charge in [0.15, 0.2) is 0 Å². The predicted octanol–water partition coefficient (Wildman–Crippen LogP) is 6.06. The monoisotopic (exact) mass is 523 g/mol. The topological polar surface area (TPSA) is 63.5 Å². The molecule has 0 radical (unpaired) electrons. The summed E-state index contributed by atoms with van der Waals surface area (Å²) in [6.45, 7) is 6.96. The van der Waals surface area contributed by atoms with Gasteiger partial charge in [0.25, 0.3) is 10.0 Å². The molecule has 0 aliphatic rings. The van der Waals surface area contributed by atoms with Crippen LogP contribution in [0.1, 0.15) is 37.5 Å². The van der Waals surface area contributed by atoms with E-state index in [2.05, 4.69) is 63.3 Å². The summed E-state index contributed by atoms with van der Waals surface area (Å²) in [4.78, 5) is 2.52. The van der Waals surface area contributed by atoms with Crippen LogP contribution in [0, 0.1) is 0 Å². The largest absolute Gasteiger partial charge is 0.342 e. The lowest BCUT2D eigenvalue weighted by atomic mass is 9.87. The SMILES string of the molecule is CC(C)(C)c1ccc(S(=O)(=O)N/N=C/c2cn(Cc3cccc(Br)c3)c3ccccc23)cc1. The molecule has 5 nitrogen and oxygen atoms in total. The van der Waals surface area contributed by atoms with Gasteiger partial charge in [-0.2, -0.15) is 13.5 Å². The van der Waals surface area contributed by atoms with Crippen molar-refractivity contribution < 1.29 is 8.42 Å². The number of aromatic nitrogens is 1. The first-order chi connectivity index (χ1) is 15.6. The Morgan fingerprint density at radius 3 is 2.42 bits per heavy atom. The van der Waals surface area contributed by atoms with Gasteiger partial charge >= 0.3 is 0 Å². The summed E-state index contributed by atoms with van der Waals surface area (Å²) in [6.07, 6.45) is 3.54. The summed E-state index contributed by atoms with van der Waals surface area (Å²) < 4.78 is 28.5. The van der Waals surface area contributed by atoms with Gasteiger partial charge in [0.1, 0.15) is 0 Å². The Bertz CT molecular complexity index is 1420. The van der Waals surface area contributed by atoms with Crippen LogP contribution in [0.15, 0.2) is 93.5 Å². The molecule has 4 rings (SSSR count). The zero-order valence-corrected chi connectivity index (χ0v) is 21.2. The molecule has 1 aromatic heterocycles. The van der Waals surface area contributed by atoms with E-state index in [4.69, 9.17) is 0 Å². The highest BCUT2D eigenvalue weighted by atomic mass is 79.9. The van der Waals surface area contributed by atoms with Crippen molar-refractivity contribution in [2.24, 2.45) is 5.10 Å². The van der Waals surface area contributed by atoms with Crippen molar-refractivity contribution >= 4 is 43.1 Å². The minimum absolute atomic E-state index is 0.0437. The Labute approximate surface area is 203 Å². The van der Waals surface area contributed by atoms with Crippen molar-refractivity contribution in [1.29, 1.82) is 0 Å². The van der Waals surface area contributed by atoms with Crippen LogP contribution in [0.4, 0.5) is 0 Å². The Hall–Kier alpha value is -2.90. The molecule has 0 amide bonds. The van der Waals surface area contributed by atoms with Crippen LogP contribution < -0.4 is 4.83 Å². The van der Waals surface area contributed by atoms with Crippen LogP contribution in [-0.2, 0) is 22.0 Å². The van der Waals surface area contributed by atoms with E-state index in [1.807, 2.05) is 54.7 Å². The van der Waals surface area contributed by atoms with Gasteiger partial charge in [-0.05, 0) is 46.9 Å². The first-order valence-electron chi connectivity index (χ1n) is 10.6. The maximum atomic E-state index is 12.7. The zero-order valence-electron chi connectivity index (χ0n) is 18.8. The molecule has 0 atom stereocenters.